The highest BCUT2D eigenvalue weighted by molar-refractivity contribution is 5.72. The normalized spacial score (nSPS) is 14.8. The van der Waals surface area contributed by atoms with Crippen LogP contribution in [0.3, 0.4) is 0 Å². The largest absolute Gasteiger partial charge is 0.465 e. The molecule has 0 radical (unpaired) electrons. The highest BCUT2D eigenvalue weighted by Crippen LogP contribution is 2.29. The third kappa shape index (κ3) is 59.3. The van der Waals surface area contributed by atoms with Gasteiger partial charge in [-0.05, 0) is 113 Å². The van der Waals surface area contributed by atoms with Crippen LogP contribution in [-0.2, 0) is 19.1 Å². The molecule has 0 spiro atoms. The van der Waals surface area contributed by atoms with Gasteiger partial charge in [-0.2, -0.15) is 0 Å². The smallest absolute Gasteiger partial charge is 0.308 e. The average Bonchev–Trinajstić information content (AvgIpc) is 3.40. The Balaban J connectivity index is 0. The molecule has 78 heavy (non-hydrogen) atoms. The van der Waals surface area contributed by atoms with E-state index in [1.807, 2.05) is 0 Å². The molecule has 0 rings (SSSR count). The first-order valence-corrected chi connectivity index (χ1v) is 35.8. The predicted octanol–water partition coefficient (Wildman–Crippen LogP) is 25.5. The molecule has 0 saturated heterocycles. The molecule has 0 aromatic rings. The van der Waals surface area contributed by atoms with Gasteiger partial charge in [0.1, 0.15) is 0 Å². The van der Waals surface area contributed by atoms with E-state index in [1.54, 1.807) is 0 Å². The fourth-order valence-corrected chi connectivity index (χ4v) is 12.6. The van der Waals surface area contributed by atoms with Gasteiger partial charge in [0.05, 0.1) is 25.0 Å². The molecule has 8 atom stereocenters. The molecule has 0 aromatic carbocycles. The lowest BCUT2D eigenvalue weighted by molar-refractivity contribution is -0.149. The van der Waals surface area contributed by atoms with Gasteiger partial charge in [-0.3, -0.25) is 9.59 Å². The molecule has 4 nitrogen and oxygen atoms in total. The highest BCUT2D eigenvalue weighted by atomic mass is 16.5. The van der Waals surface area contributed by atoms with Crippen LogP contribution < -0.4 is 0 Å². The fraction of sp³-hybridized carbons (Fsp3) is 0.946. The van der Waals surface area contributed by atoms with Crippen molar-refractivity contribution < 1.29 is 19.1 Å². The van der Waals surface area contributed by atoms with Crippen molar-refractivity contribution in [3.8, 4) is 0 Å². The van der Waals surface area contributed by atoms with Gasteiger partial charge < -0.3 is 9.47 Å². The Bertz CT molecular complexity index is 1230. The Hall–Kier alpha value is -1.32. The van der Waals surface area contributed by atoms with Gasteiger partial charge in [-0.1, -0.05) is 326 Å². The molecular weight excluding hydrogens is 953 g/mol. The molecule has 0 saturated carbocycles. The monoisotopic (exact) mass is 1100 g/mol. The van der Waals surface area contributed by atoms with E-state index in [2.05, 4.69) is 95.2 Å². The molecule has 0 aromatic heterocycles. The van der Waals surface area contributed by atoms with Gasteiger partial charge in [0, 0.05) is 0 Å². The Morgan fingerprint density at radius 1 is 0.269 bits per heavy atom. The Labute approximate surface area is 492 Å². The number of allylic oxidation sites excluding steroid dienone is 2. The van der Waals surface area contributed by atoms with E-state index in [0.29, 0.717) is 25.0 Å². The summed E-state index contributed by atoms with van der Waals surface area (Å²) in [7, 11) is 0. The van der Waals surface area contributed by atoms with Crippen LogP contribution in [0.1, 0.15) is 391 Å². The zero-order chi connectivity index (χ0) is 58.0. The molecular formula is C74H146O4. The van der Waals surface area contributed by atoms with Gasteiger partial charge in [0.2, 0.25) is 0 Å². The maximum Gasteiger partial charge on any atom is 0.308 e. The number of esters is 2. The summed E-state index contributed by atoms with van der Waals surface area (Å²) in [5.74, 6) is 4.41. The van der Waals surface area contributed by atoms with Gasteiger partial charge in [0.15, 0.2) is 0 Å². The topological polar surface area (TPSA) is 52.6 Å². The van der Waals surface area contributed by atoms with Crippen molar-refractivity contribution in [1.29, 1.82) is 0 Å². The summed E-state index contributed by atoms with van der Waals surface area (Å²) in [6.07, 6.45) is 69.0. The molecule has 0 amide bonds. The van der Waals surface area contributed by atoms with E-state index in [-0.39, 0.29) is 23.8 Å². The molecule has 8 unspecified atom stereocenters. The summed E-state index contributed by atoms with van der Waals surface area (Å²) in [6, 6.07) is 0. The molecule has 0 aliphatic rings. The molecule has 0 bridgehead atoms. The molecule has 0 aliphatic heterocycles. The van der Waals surface area contributed by atoms with Crippen molar-refractivity contribution in [3.63, 3.8) is 0 Å². The van der Waals surface area contributed by atoms with Crippen LogP contribution in [0.2, 0.25) is 0 Å². The van der Waals surface area contributed by atoms with E-state index in [9.17, 15) is 9.59 Å². The zero-order valence-electron chi connectivity index (χ0n) is 55.8. The third-order valence-corrected chi connectivity index (χ3v) is 17.3. The second-order valence-corrected chi connectivity index (χ2v) is 26.8. The standard InChI is InChI=1S/C38H74O2.C36H72O2/c1-7-9-11-13-15-16-17-18-19-20-21-22-23-24-25-27-29-34(3)31-35(4)32-36(5)33-37(6)38(39)40-30-28-26-14-12-10-8-2;1-7-9-11-13-15-16-17-18-19-20-21-22-23-25-27-32(3)29-33(4)30-34(5)31-35(6)36(37)38-28-26-24-14-12-10-8-2/h18-19,34-37H,7-17,20-33H2,1-6H3;32-35H,7-31H2,1-6H3/b19-18+;. The Morgan fingerprint density at radius 2 is 0.487 bits per heavy atom. The van der Waals surface area contributed by atoms with Crippen LogP contribution in [0.15, 0.2) is 12.2 Å². The molecule has 0 heterocycles. The lowest BCUT2D eigenvalue weighted by Gasteiger charge is -2.22. The number of ether oxygens (including phenoxy) is 2. The Kier molecular flexibility index (Phi) is 62.3. The SMILES string of the molecule is CCCCCCCC/C=C/CCCCCCCCC(C)CC(C)CC(C)CC(C)C(=O)OCCCCCCCC.CCCCCCCCCCCCCCCCC(C)CC(C)CC(C)CC(C)C(=O)OCCCCCCCC. The molecule has 0 fully saturated rings. The van der Waals surface area contributed by atoms with E-state index in [4.69, 9.17) is 9.47 Å². The summed E-state index contributed by atoms with van der Waals surface area (Å²) < 4.78 is 11.1. The number of carbonyl (C=O) groups is 2. The number of rotatable bonds is 59. The lowest BCUT2D eigenvalue weighted by Crippen LogP contribution is -2.19. The van der Waals surface area contributed by atoms with E-state index < -0.39 is 0 Å². The van der Waals surface area contributed by atoms with E-state index >= 15 is 0 Å². The van der Waals surface area contributed by atoms with Crippen molar-refractivity contribution in [2.45, 2.75) is 391 Å². The third-order valence-electron chi connectivity index (χ3n) is 17.3. The molecule has 466 valence electrons. The number of hydrogen-bond acceptors (Lipinski definition) is 4. The second-order valence-electron chi connectivity index (χ2n) is 26.8. The summed E-state index contributed by atoms with van der Waals surface area (Å²) in [6.45, 7) is 28.8. The first-order chi connectivity index (χ1) is 37.8. The highest BCUT2D eigenvalue weighted by Gasteiger charge is 2.22. The van der Waals surface area contributed by atoms with Crippen LogP contribution in [0.25, 0.3) is 0 Å². The van der Waals surface area contributed by atoms with Gasteiger partial charge in [-0.25, -0.2) is 0 Å². The van der Waals surface area contributed by atoms with Crippen molar-refractivity contribution in [2.24, 2.45) is 47.3 Å². The van der Waals surface area contributed by atoms with Crippen molar-refractivity contribution >= 4 is 11.9 Å². The van der Waals surface area contributed by atoms with Crippen LogP contribution in [-0.4, -0.2) is 25.2 Å². The van der Waals surface area contributed by atoms with Crippen LogP contribution in [0.5, 0.6) is 0 Å². The second kappa shape index (κ2) is 61.7. The summed E-state index contributed by atoms with van der Waals surface area (Å²) in [5, 5.41) is 0. The summed E-state index contributed by atoms with van der Waals surface area (Å²) >= 11 is 0. The number of unbranched alkanes of at least 4 members (excludes halogenated alkanes) is 35. The molecule has 4 heteroatoms. The van der Waals surface area contributed by atoms with Crippen molar-refractivity contribution in [2.75, 3.05) is 13.2 Å². The number of hydrogen-bond donors (Lipinski definition) is 0. The lowest BCUT2D eigenvalue weighted by atomic mass is 9.84. The quantitative estimate of drug-likeness (QED) is 0.0346. The van der Waals surface area contributed by atoms with Gasteiger partial charge in [0.25, 0.3) is 0 Å². The first kappa shape index (κ1) is 78.7. The van der Waals surface area contributed by atoms with E-state index in [1.165, 1.54) is 283 Å². The maximum atomic E-state index is 12.4. The number of carbonyl (C=O) groups excluding carboxylic acids is 2. The minimum Gasteiger partial charge on any atom is -0.465 e. The zero-order valence-corrected chi connectivity index (χ0v) is 55.8. The van der Waals surface area contributed by atoms with Crippen LogP contribution in [0.4, 0.5) is 0 Å². The maximum absolute atomic E-state index is 12.4. The summed E-state index contributed by atoms with van der Waals surface area (Å²) in [4.78, 5) is 24.7. The Morgan fingerprint density at radius 3 is 0.769 bits per heavy atom. The predicted molar refractivity (Wildman–Crippen MR) is 349 cm³/mol. The fourth-order valence-electron chi connectivity index (χ4n) is 12.6. The summed E-state index contributed by atoms with van der Waals surface area (Å²) in [5.41, 5.74) is 0. The molecule has 0 N–H and O–H groups in total. The van der Waals surface area contributed by atoms with Gasteiger partial charge in [-0.15, -0.1) is 0 Å². The van der Waals surface area contributed by atoms with Crippen molar-refractivity contribution in [1.82, 2.24) is 0 Å². The van der Waals surface area contributed by atoms with Crippen molar-refractivity contribution in [3.05, 3.63) is 12.2 Å². The van der Waals surface area contributed by atoms with Crippen LogP contribution >= 0.6 is 0 Å². The van der Waals surface area contributed by atoms with Gasteiger partial charge >= 0.3 is 11.9 Å². The minimum atomic E-state index is 0.0152. The minimum absolute atomic E-state index is 0.0152. The average molecular weight is 1100 g/mol. The molecule has 0 aliphatic carbocycles. The van der Waals surface area contributed by atoms with E-state index in [0.717, 1.165) is 49.4 Å². The van der Waals surface area contributed by atoms with Crippen LogP contribution in [0, 0.1) is 47.3 Å². The first-order valence-electron chi connectivity index (χ1n) is 35.8.